The first kappa shape index (κ1) is 15.3. The number of nitrogens with zero attached hydrogens (tertiary/aromatic N) is 1. The van der Waals surface area contributed by atoms with Gasteiger partial charge in [0.25, 0.3) is 5.56 Å². The average molecular weight is 313 g/mol. The number of H-pyrrole nitrogens is 1. The van der Waals surface area contributed by atoms with Crippen molar-refractivity contribution < 1.29 is 9.53 Å². The summed E-state index contributed by atoms with van der Waals surface area (Å²) < 4.78 is 5.57. The van der Waals surface area contributed by atoms with Crippen LogP contribution in [0.15, 0.2) is 29.1 Å². The summed E-state index contributed by atoms with van der Waals surface area (Å²) in [6, 6.07) is 7.54. The van der Waals surface area contributed by atoms with Crippen molar-refractivity contribution in [1.82, 2.24) is 9.97 Å². The van der Waals surface area contributed by atoms with Crippen molar-refractivity contribution in [2.24, 2.45) is 0 Å². The summed E-state index contributed by atoms with van der Waals surface area (Å²) in [6.45, 7) is 4.40. The van der Waals surface area contributed by atoms with Gasteiger partial charge in [-0.1, -0.05) is 19.1 Å². The highest BCUT2D eigenvalue weighted by atomic mass is 16.5. The Kier molecular flexibility index (Phi) is 4.14. The van der Waals surface area contributed by atoms with E-state index in [0.717, 1.165) is 17.7 Å². The number of rotatable bonds is 4. The number of hydrogen-bond donors (Lipinski definition) is 2. The molecule has 1 aromatic carbocycles. The van der Waals surface area contributed by atoms with Gasteiger partial charge >= 0.3 is 0 Å². The van der Waals surface area contributed by atoms with Gasteiger partial charge in [0.05, 0.1) is 12.2 Å². The molecule has 0 fully saturated rings. The molecule has 0 saturated heterocycles. The third-order valence-electron chi connectivity index (χ3n) is 3.82. The number of aryl methyl sites for hydroxylation is 1. The van der Waals surface area contributed by atoms with Crippen LogP contribution in [0, 0.1) is 6.92 Å². The summed E-state index contributed by atoms with van der Waals surface area (Å²) in [7, 11) is 0. The fourth-order valence-electron chi connectivity index (χ4n) is 2.78. The smallest absolute Gasteiger partial charge is 0.256 e. The van der Waals surface area contributed by atoms with Gasteiger partial charge in [-0.15, -0.1) is 0 Å². The average Bonchev–Trinajstić information content (AvgIpc) is 2.52. The van der Waals surface area contributed by atoms with Crippen LogP contribution in [-0.2, 0) is 4.79 Å². The van der Waals surface area contributed by atoms with Gasteiger partial charge in [-0.25, -0.2) is 4.98 Å². The first-order valence-corrected chi connectivity index (χ1v) is 7.72. The lowest BCUT2D eigenvalue weighted by Crippen LogP contribution is -2.31. The number of hydrogen-bond acceptors (Lipinski definition) is 4. The van der Waals surface area contributed by atoms with E-state index in [9.17, 15) is 9.59 Å². The van der Waals surface area contributed by atoms with Crippen molar-refractivity contribution in [1.29, 1.82) is 0 Å². The predicted octanol–water partition coefficient (Wildman–Crippen LogP) is 2.34. The third kappa shape index (κ3) is 3.11. The van der Waals surface area contributed by atoms with Gasteiger partial charge in [0, 0.05) is 12.3 Å². The summed E-state index contributed by atoms with van der Waals surface area (Å²) in [5.74, 6) is 1.20. The van der Waals surface area contributed by atoms with Crippen molar-refractivity contribution in [3.05, 3.63) is 51.6 Å². The molecule has 1 aromatic heterocycles. The molecule has 1 atom stereocenters. The van der Waals surface area contributed by atoms with Gasteiger partial charge in [0.1, 0.15) is 17.4 Å². The summed E-state index contributed by atoms with van der Waals surface area (Å²) in [6.07, 6.45) is 1.17. The zero-order valence-electron chi connectivity index (χ0n) is 13.2. The van der Waals surface area contributed by atoms with Gasteiger partial charge in [-0.3, -0.25) is 9.59 Å². The fraction of sp³-hybridized carbons (Fsp3) is 0.353. The summed E-state index contributed by atoms with van der Waals surface area (Å²) >= 11 is 0. The van der Waals surface area contributed by atoms with Crippen molar-refractivity contribution in [2.75, 3.05) is 11.9 Å². The molecule has 0 saturated carbocycles. The quantitative estimate of drug-likeness (QED) is 0.907. The Morgan fingerprint density at radius 2 is 2.00 bits per heavy atom. The lowest BCUT2D eigenvalue weighted by molar-refractivity contribution is -0.116. The summed E-state index contributed by atoms with van der Waals surface area (Å²) in [4.78, 5) is 31.2. The molecule has 0 aliphatic carbocycles. The molecule has 120 valence electrons. The molecule has 0 unspecified atom stereocenters. The van der Waals surface area contributed by atoms with E-state index in [1.54, 1.807) is 6.92 Å². The molecule has 0 bridgehead atoms. The summed E-state index contributed by atoms with van der Waals surface area (Å²) in [5, 5.41) is 2.69. The van der Waals surface area contributed by atoms with E-state index < -0.39 is 0 Å². The van der Waals surface area contributed by atoms with Crippen LogP contribution in [-0.4, -0.2) is 22.5 Å². The van der Waals surface area contributed by atoms with Crippen LogP contribution in [0.3, 0.4) is 0 Å². The Balaban J connectivity index is 1.98. The van der Waals surface area contributed by atoms with Crippen molar-refractivity contribution in [3.63, 3.8) is 0 Å². The molecule has 1 aliphatic heterocycles. The Morgan fingerprint density at radius 3 is 2.70 bits per heavy atom. The first-order valence-electron chi connectivity index (χ1n) is 7.72. The maximum atomic E-state index is 12.3. The van der Waals surface area contributed by atoms with Gasteiger partial charge in [-0.2, -0.15) is 0 Å². The zero-order valence-corrected chi connectivity index (χ0v) is 13.2. The van der Waals surface area contributed by atoms with Gasteiger partial charge in [0.15, 0.2) is 0 Å². The number of benzene rings is 1. The molecule has 0 radical (unpaired) electrons. The Morgan fingerprint density at radius 1 is 1.26 bits per heavy atom. The molecule has 6 heteroatoms. The number of carbonyl (C=O) groups is 1. The highest BCUT2D eigenvalue weighted by Gasteiger charge is 2.30. The number of ether oxygens (including phenoxy) is 1. The molecule has 0 spiro atoms. The topological polar surface area (TPSA) is 84.1 Å². The second-order valence-electron chi connectivity index (χ2n) is 5.64. The highest BCUT2D eigenvalue weighted by Crippen LogP contribution is 2.34. The Hall–Kier alpha value is -2.63. The van der Waals surface area contributed by atoms with Crippen LogP contribution >= 0.6 is 0 Å². The van der Waals surface area contributed by atoms with Crippen molar-refractivity contribution in [3.8, 4) is 5.75 Å². The van der Waals surface area contributed by atoms with E-state index >= 15 is 0 Å². The largest absolute Gasteiger partial charge is 0.494 e. The second-order valence-corrected chi connectivity index (χ2v) is 5.64. The van der Waals surface area contributed by atoms with Crippen molar-refractivity contribution in [2.45, 2.75) is 32.6 Å². The molecule has 23 heavy (non-hydrogen) atoms. The predicted molar refractivity (Wildman–Crippen MR) is 86.9 cm³/mol. The number of amides is 1. The molecule has 3 rings (SSSR count). The van der Waals surface area contributed by atoms with Crippen molar-refractivity contribution >= 4 is 11.7 Å². The van der Waals surface area contributed by atoms with E-state index in [4.69, 9.17) is 4.74 Å². The maximum absolute atomic E-state index is 12.3. The molecule has 1 aliphatic rings. The number of fused-ring (bicyclic) bond motifs is 1. The first-order chi connectivity index (χ1) is 11.1. The molecule has 2 heterocycles. The third-order valence-corrected chi connectivity index (χ3v) is 3.82. The van der Waals surface area contributed by atoms with E-state index in [0.29, 0.717) is 23.8 Å². The van der Waals surface area contributed by atoms with E-state index in [1.165, 1.54) is 0 Å². The minimum Gasteiger partial charge on any atom is -0.494 e. The van der Waals surface area contributed by atoms with Crippen LogP contribution in [0.1, 0.15) is 42.6 Å². The molecule has 1 amide bonds. The van der Waals surface area contributed by atoms with Crippen LogP contribution in [0.4, 0.5) is 5.82 Å². The van der Waals surface area contributed by atoms with Gasteiger partial charge in [0.2, 0.25) is 5.91 Å². The lowest BCUT2D eigenvalue weighted by Gasteiger charge is -2.24. The van der Waals surface area contributed by atoms with E-state index in [-0.39, 0.29) is 23.8 Å². The van der Waals surface area contributed by atoms with Crippen LogP contribution < -0.4 is 15.6 Å². The molecular formula is C17H19N3O3. The Bertz CT molecular complexity index is 781. The van der Waals surface area contributed by atoms with Crippen LogP contribution in [0.2, 0.25) is 0 Å². The molecule has 2 N–H and O–H groups in total. The van der Waals surface area contributed by atoms with Gasteiger partial charge < -0.3 is 15.0 Å². The van der Waals surface area contributed by atoms with Crippen LogP contribution in [0.5, 0.6) is 5.75 Å². The normalized spacial score (nSPS) is 16.6. The number of anilines is 1. The highest BCUT2D eigenvalue weighted by molar-refractivity contribution is 5.94. The number of aromatic nitrogens is 2. The SMILES string of the molecule is CCCOc1ccc([C@H]2CC(=O)Nc3nc(C)[nH]c(=O)c32)cc1. The molecule has 2 aromatic rings. The number of aromatic amines is 1. The second kappa shape index (κ2) is 6.24. The van der Waals surface area contributed by atoms with E-state index in [1.807, 2.05) is 31.2 Å². The van der Waals surface area contributed by atoms with Crippen LogP contribution in [0.25, 0.3) is 0 Å². The number of carbonyl (C=O) groups excluding carboxylic acids is 1. The minimum atomic E-state index is -0.296. The lowest BCUT2D eigenvalue weighted by atomic mass is 9.87. The molecule has 6 nitrogen and oxygen atoms in total. The minimum absolute atomic E-state index is 0.133. The van der Waals surface area contributed by atoms with Gasteiger partial charge in [-0.05, 0) is 31.0 Å². The summed E-state index contributed by atoms with van der Waals surface area (Å²) in [5.41, 5.74) is 1.21. The monoisotopic (exact) mass is 313 g/mol. The standard InChI is InChI=1S/C17H19N3O3/c1-3-8-23-12-6-4-11(5-7-12)13-9-14(21)20-16-15(13)17(22)19-10(2)18-16/h4-7,13H,3,8-9H2,1-2H3,(H2,18,19,20,21,22)/t13-/m1/s1. The zero-order chi connectivity index (χ0) is 16.4. The fourth-order valence-corrected chi connectivity index (χ4v) is 2.78. The molecular weight excluding hydrogens is 294 g/mol. The number of nitrogens with one attached hydrogen (secondary N) is 2. The Labute approximate surface area is 133 Å². The van der Waals surface area contributed by atoms with E-state index in [2.05, 4.69) is 15.3 Å². The maximum Gasteiger partial charge on any atom is 0.256 e.